The summed E-state index contributed by atoms with van der Waals surface area (Å²) >= 11 is 0. The molecular formula is C21H45N7O3. The molecule has 0 heterocycles. The summed E-state index contributed by atoms with van der Waals surface area (Å²) in [7, 11) is 0. The van der Waals surface area contributed by atoms with Gasteiger partial charge in [0, 0.05) is 97.8 Å². The minimum Gasteiger partial charge on any atom is -0.356 e. The first kappa shape index (κ1) is 29.2. The van der Waals surface area contributed by atoms with Crippen LogP contribution in [-0.2, 0) is 14.4 Å². The number of nitrogens with one attached hydrogen (secondary N) is 6. The van der Waals surface area contributed by atoms with Crippen molar-refractivity contribution in [2.75, 3.05) is 78.5 Å². The second kappa shape index (κ2) is 21.5. The molecule has 0 aromatic rings. The summed E-state index contributed by atoms with van der Waals surface area (Å²) in [6, 6.07) is 0. The van der Waals surface area contributed by atoms with Crippen molar-refractivity contribution < 1.29 is 14.4 Å². The van der Waals surface area contributed by atoms with Crippen molar-refractivity contribution in [2.45, 2.75) is 40.0 Å². The van der Waals surface area contributed by atoms with Crippen molar-refractivity contribution >= 4 is 17.7 Å². The summed E-state index contributed by atoms with van der Waals surface area (Å²) in [4.78, 5) is 36.9. The molecule has 0 aromatic heterocycles. The lowest BCUT2D eigenvalue weighted by molar-refractivity contribution is -0.122. The van der Waals surface area contributed by atoms with Crippen LogP contribution in [0.2, 0.25) is 0 Å². The van der Waals surface area contributed by atoms with E-state index in [1.165, 1.54) is 0 Å². The second-order valence-corrected chi connectivity index (χ2v) is 7.20. The average molecular weight is 444 g/mol. The van der Waals surface area contributed by atoms with Gasteiger partial charge >= 0.3 is 0 Å². The predicted octanol–water partition coefficient (Wildman–Crippen LogP) is -1.36. The first-order valence-corrected chi connectivity index (χ1v) is 11.7. The quantitative estimate of drug-likeness (QED) is 0.121. The molecule has 31 heavy (non-hydrogen) atoms. The van der Waals surface area contributed by atoms with E-state index in [0.717, 1.165) is 39.3 Å². The Bertz CT molecular complexity index is 456. The lowest BCUT2D eigenvalue weighted by Crippen LogP contribution is -2.39. The highest BCUT2D eigenvalue weighted by atomic mass is 16.2. The van der Waals surface area contributed by atoms with Crippen LogP contribution in [0.1, 0.15) is 40.0 Å². The van der Waals surface area contributed by atoms with Gasteiger partial charge in [-0.3, -0.25) is 14.4 Å². The molecule has 0 aliphatic heterocycles. The topological polar surface area (TPSA) is 127 Å². The maximum absolute atomic E-state index is 11.7. The van der Waals surface area contributed by atoms with E-state index in [1.807, 2.05) is 20.8 Å². The fourth-order valence-corrected chi connectivity index (χ4v) is 2.88. The third-order valence-electron chi connectivity index (χ3n) is 4.52. The molecule has 0 radical (unpaired) electrons. The number of rotatable bonds is 21. The van der Waals surface area contributed by atoms with Gasteiger partial charge in [-0.05, 0) is 20.8 Å². The van der Waals surface area contributed by atoms with Gasteiger partial charge in [-0.1, -0.05) is 0 Å². The minimum absolute atomic E-state index is 0.0438. The Hall–Kier alpha value is -1.75. The molecular weight excluding hydrogens is 398 g/mol. The van der Waals surface area contributed by atoms with Crippen LogP contribution in [0.15, 0.2) is 0 Å². The Labute approximate surface area is 188 Å². The molecule has 0 fully saturated rings. The van der Waals surface area contributed by atoms with E-state index in [4.69, 9.17) is 0 Å². The Balaban J connectivity index is 3.83. The Morgan fingerprint density at radius 1 is 0.516 bits per heavy atom. The zero-order chi connectivity index (χ0) is 23.2. The highest BCUT2D eigenvalue weighted by Crippen LogP contribution is 1.95. The van der Waals surface area contributed by atoms with Gasteiger partial charge < -0.3 is 36.8 Å². The zero-order valence-electron chi connectivity index (χ0n) is 19.8. The van der Waals surface area contributed by atoms with Crippen molar-refractivity contribution in [3.63, 3.8) is 0 Å². The molecule has 0 atom stereocenters. The lowest BCUT2D eigenvalue weighted by atomic mass is 10.3. The van der Waals surface area contributed by atoms with Crippen molar-refractivity contribution in [1.82, 2.24) is 36.8 Å². The van der Waals surface area contributed by atoms with Gasteiger partial charge in [-0.2, -0.15) is 0 Å². The standard InChI is InChI=1S/C21H45N7O3/c1-4-25-19(29)7-10-22-11-12-23-13-14-24-15-18-28(16-8-20(30)26-5-2)17-9-21(31)27-6-3/h22-24H,4-18H2,1-3H3,(H,25,29)(H,26,30)(H,27,31). The molecule has 3 amide bonds. The van der Waals surface area contributed by atoms with Gasteiger partial charge in [0.1, 0.15) is 0 Å². The Morgan fingerprint density at radius 2 is 0.903 bits per heavy atom. The normalized spacial score (nSPS) is 10.8. The molecule has 10 heteroatoms. The average Bonchev–Trinajstić information content (AvgIpc) is 2.73. The number of hydrogen-bond acceptors (Lipinski definition) is 7. The summed E-state index contributed by atoms with van der Waals surface area (Å²) in [6.07, 6.45) is 1.39. The van der Waals surface area contributed by atoms with Crippen LogP contribution in [0, 0.1) is 0 Å². The molecule has 0 aliphatic rings. The van der Waals surface area contributed by atoms with Gasteiger partial charge in [-0.25, -0.2) is 0 Å². The molecule has 6 N–H and O–H groups in total. The predicted molar refractivity (Wildman–Crippen MR) is 125 cm³/mol. The maximum Gasteiger partial charge on any atom is 0.221 e. The van der Waals surface area contributed by atoms with Crippen LogP contribution in [0.5, 0.6) is 0 Å². The van der Waals surface area contributed by atoms with Crippen molar-refractivity contribution in [2.24, 2.45) is 0 Å². The van der Waals surface area contributed by atoms with E-state index in [0.29, 0.717) is 58.5 Å². The number of hydrogen-bond donors (Lipinski definition) is 6. The molecule has 0 aliphatic carbocycles. The first-order chi connectivity index (χ1) is 15.0. The van der Waals surface area contributed by atoms with Gasteiger partial charge in [0.25, 0.3) is 0 Å². The van der Waals surface area contributed by atoms with Crippen LogP contribution in [0.25, 0.3) is 0 Å². The number of carbonyl (C=O) groups excluding carboxylic acids is 3. The van der Waals surface area contributed by atoms with Crippen LogP contribution < -0.4 is 31.9 Å². The summed E-state index contributed by atoms with van der Waals surface area (Å²) < 4.78 is 0. The van der Waals surface area contributed by atoms with E-state index >= 15 is 0 Å². The zero-order valence-corrected chi connectivity index (χ0v) is 19.8. The SMILES string of the molecule is CCNC(=O)CCNCCNCCNCCN(CCC(=O)NCC)CCC(=O)NCC. The van der Waals surface area contributed by atoms with Crippen LogP contribution in [0.3, 0.4) is 0 Å². The molecule has 182 valence electrons. The minimum atomic E-state index is 0.0438. The summed E-state index contributed by atoms with van der Waals surface area (Å²) in [5, 5.41) is 18.4. The van der Waals surface area contributed by atoms with E-state index in [-0.39, 0.29) is 17.7 Å². The largest absolute Gasteiger partial charge is 0.356 e. The monoisotopic (exact) mass is 443 g/mol. The van der Waals surface area contributed by atoms with Crippen LogP contribution in [-0.4, -0.2) is 101 Å². The Kier molecular flexibility index (Phi) is 20.3. The molecule has 0 spiro atoms. The van der Waals surface area contributed by atoms with E-state index in [2.05, 4.69) is 36.8 Å². The molecule has 0 unspecified atom stereocenters. The van der Waals surface area contributed by atoms with Gasteiger partial charge in [0.2, 0.25) is 17.7 Å². The van der Waals surface area contributed by atoms with Crippen LogP contribution >= 0.6 is 0 Å². The summed E-state index contributed by atoms with van der Waals surface area (Å²) in [6.45, 7) is 14.6. The first-order valence-electron chi connectivity index (χ1n) is 11.7. The molecule has 0 aromatic carbocycles. The summed E-state index contributed by atoms with van der Waals surface area (Å²) in [5.74, 6) is 0.169. The fourth-order valence-electron chi connectivity index (χ4n) is 2.88. The Morgan fingerprint density at radius 3 is 1.35 bits per heavy atom. The number of carbonyl (C=O) groups is 3. The third-order valence-corrected chi connectivity index (χ3v) is 4.52. The number of nitrogens with zero attached hydrogens (tertiary/aromatic N) is 1. The second-order valence-electron chi connectivity index (χ2n) is 7.20. The van der Waals surface area contributed by atoms with Gasteiger partial charge in [0.05, 0.1) is 0 Å². The van der Waals surface area contributed by atoms with E-state index in [9.17, 15) is 14.4 Å². The third kappa shape index (κ3) is 19.9. The van der Waals surface area contributed by atoms with Crippen LogP contribution in [0.4, 0.5) is 0 Å². The van der Waals surface area contributed by atoms with Crippen molar-refractivity contribution in [3.8, 4) is 0 Å². The highest BCUT2D eigenvalue weighted by molar-refractivity contribution is 5.76. The van der Waals surface area contributed by atoms with Crippen molar-refractivity contribution in [1.29, 1.82) is 0 Å². The molecule has 10 nitrogen and oxygen atoms in total. The summed E-state index contributed by atoms with van der Waals surface area (Å²) in [5.41, 5.74) is 0. The van der Waals surface area contributed by atoms with Crippen molar-refractivity contribution in [3.05, 3.63) is 0 Å². The molecule has 0 saturated heterocycles. The number of amides is 3. The van der Waals surface area contributed by atoms with Gasteiger partial charge in [0.15, 0.2) is 0 Å². The molecule has 0 bridgehead atoms. The smallest absolute Gasteiger partial charge is 0.221 e. The highest BCUT2D eigenvalue weighted by Gasteiger charge is 2.10. The lowest BCUT2D eigenvalue weighted by Gasteiger charge is -2.22. The molecule has 0 saturated carbocycles. The maximum atomic E-state index is 11.7. The van der Waals surface area contributed by atoms with E-state index in [1.54, 1.807) is 0 Å². The van der Waals surface area contributed by atoms with Gasteiger partial charge in [-0.15, -0.1) is 0 Å². The molecule has 0 rings (SSSR count). The fraction of sp³-hybridized carbons (Fsp3) is 0.857. The van der Waals surface area contributed by atoms with E-state index < -0.39 is 0 Å².